The smallest absolute Gasteiger partial charge is 0.153 e. The van der Waals surface area contributed by atoms with Crippen molar-refractivity contribution >= 4 is 9.84 Å². The molecule has 1 atom stereocenters. The lowest BCUT2D eigenvalue weighted by Crippen LogP contribution is -2.66. The maximum absolute atomic E-state index is 12.1. The van der Waals surface area contributed by atoms with Crippen LogP contribution in [0.2, 0.25) is 0 Å². The number of nitrogens with zero attached hydrogens (tertiary/aromatic N) is 1. The summed E-state index contributed by atoms with van der Waals surface area (Å²) in [5.41, 5.74) is -0.121. The van der Waals surface area contributed by atoms with Gasteiger partial charge in [-0.3, -0.25) is 4.90 Å². The Balaban J connectivity index is 2.25. The van der Waals surface area contributed by atoms with E-state index in [1.165, 1.54) is 0 Å². The normalized spacial score (nSPS) is 25.4. The van der Waals surface area contributed by atoms with Crippen LogP contribution in [0.1, 0.15) is 39.4 Å². The van der Waals surface area contributed by atoms with E-state index in [2.05, 4.69) is 4.90 Å². The maximum atomic E-state index is 12.1. The van der Waals surface area contributed by atoms with E-state index in [-0.39, 0.29) is 11.5 Å². The number of rotatable bonds is 3. The van der Waals surface area contributed by atoms with Gasteiger partial charge in [-0.1, -0.05) is 30.3 Å². The highest BCUT2D eigenvalue weighted by molar-refractivity contribution is 7.91. The second-order valence-electron chi connectivity index (χ2n) is 7.19. The SMILES string of the molecule is CC1(C)CS(=O)(=O)CC(C)(C)N1CC(O)c1ccccc1. The molecule has 1 aliphatic rings. The molecule has 0 amide bonds. The van der Waals surface area contributed by atoms with Crippen molar-refractivity contribution in [1.29, 1.82) is 0 Å². The van der Waals surface area contributed by atoms with Gasteiger partial charge in [0.25, 0.3) is 0 Å². The van der Waals surface area contributed by atoms with Crippen LogP contribution in [0.4, 0.5) is 0 Å². The van der Waals surface area contributed by atoms with Crippen molar-refractivity contribution in [3.63, 3.8) is 0 Å². The third-order valence-electron chi connectivity index (χ3n) is 4.15. The van der Waals surface area contributed by atoms with E-state index in [4.69, 9.17) is 0 Å². The molecule has 118 valence electrons. The Hall–Kier alpha value is -0.910. The van der Waals surface area contributed by atoms with Crippen LogP contribution in [0.3, 0.4) is 0 Å². The number of benzene rings is 1. The molecular weight excluding hydrogens is 286 g/mol. The molecule has 1 heterocycles. The zero-order valence-electron chi connectivity index (χ0n) is 13.2. The first-order valence-electron chi connectivity index (χ1n) is 7.25. The van der Waals surface area contributed by atoms with E-state index in [0.29, 0.717) is 6.54 Å². The predicted molar refractivity (Wildman–Crippen MR) is 84.9 cm³/mol. The lowest BCUT2D eigenvalue weighted by atomic mass is 9.93. The largest absolute Gasteiger partial charge is 0.387 e. The molecule has 2 rings (SSSR count). The van der Waals surface area contributed by atoms with Crippen molar-refractivity contribution in [2.24, 2.45) is 0 Å². The highest BCUT2D eigenvalue weighted by Gasteiger charge is 2.48. The Kier molecular flexibility index (Phi) is 4.21. The van der Waals surface area contributed by atoms with Gasteiger partial charge in [0, 0.05) is 17.6 Å². The average Bonchev–Trinajstić information content (AvgIpc) is 2.32. The lowest BCUT2D eigenvalue weighted by molar-refractivity contribution is -0.00909. The van der Waals surface area contributed by atoms with E-state index in [1.54, 1.807) is 0 Å². The summed E-state index contributed by atoms with van der Waals surface area (Å²) in [5.74, 6) is 0.260. The molecular formula is C16H25NO3S. The molecule has 1 fully saturated rings. The third kappa shape index (κ3) is 3.65. The zero-order valence-corrected chi connectivity index (χ0v) is 14.0. The van der Waals surface area contributed by atoms with Crippen molar-refractivity contribution in [2.45, 2.75) is 44.9 Å². The molecule has 21 heavy (non-hydrogen) atoms. The summed E-state index contributed by atoms with van der Waals surface area (Å²) in [4.78, 5) is 2.12. The monoisotopic (exact) mass is 311 g/mol. The van der Waals surface area contributed by atoms with Gasteiger partial charge in [0.15, 0.2) is 9.84 Å². The van der Waals surface area contributed by atoms with E-state index in [0.717, 1.165) is 5.56 Å². The van der Waals surface area contributed by atoms with Crippen LogP contribution in [-0.2, 0) is 9.84 Å². The Labute approximate surface area is 127 Å². The molecule has 1 unspecified atom stereocenters. The standard InChI is InChI=1S/C16H25NO3S/c1-15(2)11-21(19,20)12-16(3,4)17(15)10-14(18)13-8-6-5-7-9-13/h5-9,14,18H,10-12H2,1-4H3. The fourth-order valence-electron chi connectivity index (χ4n) is 3.55. The van der Waals surface area contributed by atoms with E-state index in [1.807, 2.05) is 58.0 Å². The van der Waals surface area contributed by atoms with Gasteiger partial charge in [-0.2, -0.15) is 0 Å². The number of hydrogen-bond acceptors (Lipinski definition) is 4. The highest BCUT2D eigenvalue weighted by Crippen LogP contribution is 2.35. The first-order valence-corrected chi connectivity index (χ1v) is 9.07. The van der Waals surface area contributed by atoms with Crippen LogP contribution >= 0.6 is 0 Å². The van der Waals surface area contributed by atoms with Crippen molar-refractivity contribution in [3.05, 3.63) is 35.9 Å². The minimum Gasteiger partial charge on any atom is -0.387 e. The van der Waals surface area contributed by atoms with Crippen molar-refractivity contribution in [2.75, 3.05) is 18.1 Å². The van der Waals surface area contributed by atoms with Crippen molar-refractivity contribution in [3.8, 4) is 0 Å². The van der Waals surface area contributed by atoms with E-state index in [9.17, 15) is 13.5 Å². The van der Waals surface area contributed by atoms with Crippen molar-refractivity contribution < 1.29 is 13.5 Å². The molecule has 5 heteroatoms. The zero-order chi connectivity index (χ0) is 15.9. The molecule has 0 aromatic heterocycles. The van der Waals surface area contributed by atoms with Gasteiger partial charge in [0.1, 0.15) is 0 Å². The topological polar surface area (TPSA) is 57.6 Å². The summed E-state index contributed by atoms with van der Waals surface area (Å²) in [5, 5.41) is 10.5. The number of aliphatic hydroxyl groups excluding tert-OH is 1. The fourth-order valence-corrected chi connectivity index (χ4v) is 6.12. The Morgan fingerprint density at radius 1 is 1.10 bits per heavy atom. The van der Waals surface area contributed by atoms with Crippen LogP contribution in [-0.4, -0.2) is 47.6 Å². The van der Waals surface area contributed by atoms with Crippen LogP contribution in [0.25, 0.3) is 0 Å². The first-order chi connectivity index (χ1) is 9.54. The second kappa shape index (κ2) is 5.38. The average molecular weight is 311 g/mol. The first kappa shape index (κ1) is 16.5. The van der Waals surface area contributed by atoms with Gasteiger partial charge in [0.2, 0.25) is 0 Å². The number of β-amino-alcohol motifs (C(OH)–C–C–N with tert-alkyl or cyclic N) is 1. The van der Waals surface area contributed by atoms with Crippen LogP contribution in [0.15, 0.2) is 30.3 Å². The predicted octanol–water partition coefficient (Wildman–Crippen LogP) is 2.01. The summed E-state index contributed by atoms with van der Waals surface area (Å²) in [6.45, 7) is 8.16. The lowest BCUT2D eigenvalue weighted by Gasteiger charge is -2.52. The molecule has 0 bridgehead atoms. The van der Waals surface area contributed by atoms with E-state index < -0.39 is 27.0 Å². The van der Waals surface area contributed by atoms with Gasteiger partial charge >= 0.3 is 0 Å². The summed E-state index contributed by atoms with van der Waals surface area (Å²) < 4.78 is 24.2. The van der Waals surface area contributed by atoms with Gasteiger partial charge < -0.3 is 5.11 Å². The van der Waals surface area contributed by atoms with Gasteiger partial charge in [-0.15, -0.1) is 0 Å². The molecule has 1 saturated heterocycles. The number of aliphatic hydroxyl groups is 1. The molecule has 1 aliphatic heterocycles. The minimum atomic E-state index is -3.05. The van der Waals surface area contributed by atoms with Crippen LogP contribution < -0.4 is 0 Å². The van der Waals surface area contributed by atoms with Crippen molar-refractivity contribution in [1.82, 2.24) is 4.90 Å². The molecule has 0 spiro atoms. The van der Waals surface area contributed by atoms with Gasteiger partial charge in [-0.25, -0.2) is 8.42 Å². The van der Waals surface area contributed by atoms with E-state index >= 15 is 0 Å². The second-order valence-corrected chi connectivity index (χ2v) is 9.26. The maximum Gasteiger partial charge on any atom is 0.153 e. The van der Waals surface area contributed by atoms with Gasteiger partial charge in [0.05, 0.1) is 17.6 Å². The number of hydrogen-bond donors (Lipinski definition) is 1. The molecule has 0 aliphatic carbocycles. The molecule has 0 saturated carbocycles. The minimum absolute atomic E-state index is 0.130. The summed E-state index contributed by atoms with van der Waals surface area (Å²) in [6.07, 6.45) is -0.620. The van der Waals surface area contributed by atoms with Gasteiger partial charge in [-0.05, 0) is 33.3 Å². The molecule has 1 aromatic rings. The molecule has 0 radical (unpaired) electrons. The molecule has 1 aromatic carbocycles. The molecule has 1 N–H and O–H groups in total. The summed E-state index contributed by atoms with van der Waals surface area (Å²) in [6, 6.07) is 9.50. The quantitative estimate of drug-likeness (QED) is 0.928. The Morgan fingerprint density at radius 2 is 1.57 bits per heavy atom. The fraction of sp³-hybridized carbons (Fsp3) is 0.625. The summed E-state index contributed by atoms with van der Waals surface area (Å²) >= 11 is 0. The van der Waals surface area contributed by atoms with Crippen LogP contribution in [0, 0.1) is 0 Å². The molecule has 4 nitrogen and oxygen atoms in total. The summed E-state index contributed by atoms with van der Waals surface area (Å²) in [7, 11) is -3.05. The number of sulfone groups is 1. The van der Waals surface area contributed by atoms with Crippen LogP contribution in [0.5, 0.6) is 0 Å². The third-order valence-corrected chi connectivity index (χ3v) is 6.44. The Morgan fingerprint density at radius 3 is 2.05 bits per heavy atom. The Bertz CT molecular complexity index is 569. The highest BCUT2D eigenvalue weighted by atomic mass is 32.2.